The zero-order valence-electron chi connectivity index (χ0n) is 19.3. The maximum absolute atomic E-state index is 13.2. The number of carbonyl (C=O) groups is 2. The topological polar surface area (TPSA) is 151 Å². The lowest BCUT2D eigenvalue weighted by atomic mass is 9.85. The van der Waals surface area contributed by atoms with Gasteiger partial charge in [-0.05, 0) is 55.6 Å². The van der Waals surface area contributed by atoms with Crippen molar-refractivity contribution in [2.24, 2.45) is 17.8 Å². The molecule has 1 aliphatic heterocycles. The standard InChI is InChI=1S/C25H28N6O4/c26-9-18-10-27-22(8-20(18)28-23-15-4-3-14(6-15)19(23)12-33)30-25(35)31-5-1-2-16-7-17(11-32)21(13-34)29-24(16)31/h7-8,10,13-15,19,23,32-33H,1-6,11-12H2,(H2,27,28,30,35)/t14-,15+,19+,23-/m1/s1. The number of hydrogen-bond acceptors (Lipinski definition) is 8. The fourth-order valence-electron chi connectivity index (χ4n) is 5.97. The number of nitriles is 1. The number of nitrogens with one attached hydrogen (secondary N) is 2. The average Bonchev–Trinajstić information content (AvgIpc) is 3.49. The number of amides is 2. The van der Waals surface area contributed by atoms with Crippen LogP contribution >= 0.6 is 0 Å². The van der Waals surface area contributed by atoms with Crippen LogP contribution in [0.2, 0.25) is 0 Å². The van der Waals surface area contributed by atoms with Crippen molar-refractivity contribution in [1.29, 1.82) is 5.26 Å². The molecular weight excluding hydrogens is 448 g/mol. The van der Waals surface area contributed by atoms with Crippen molar-refractivity contribution >= 4 is 29.6 Å². The summed E-state index contributed by atoms with van der Waals surface area (Å²) in [6.45, 7) is 0.232. The molecule has 2 saturated carbocycles. The molecule has 0 radical (unpaired) electrons. The predicted octanol–water partition coefficient (Wildman–Crippen LogP) is 2.46. The third-order valence-corrected chi connectivity index (χ3v) is 7.68. The van der Waals surface area contributed by atoms with E-state index >= 15 is 0 Å². The van der Waals surface area contributed by atoms with E-state index in [4.69, 9.17) is 0 Å². The van der Waals surface area contributed by atoms with Gasteiger partial charge in [0.1, 0.15) is 23.4 Å². The van der Waals surface area contributed by atoms with Gasteiger partial charge in [-0.3, -0.25) is 15.0 Å². The summed E-state index contributed by atoms with van der Waals surface area (Å²) in [5.74, 6) is 1.80. The van der Waals surface area contributed by atoms with E-state index in [1.54, 1.807) is 12.1 Å². The molecule has 2 bridgehead atoms. The normalized spacial score (nSPS) is 24.5. The maximum atomic E-state index is 13.2. The number of aliphatic hydroxyl groups is 2. The van der Waals surface area contributed by atoms with E-state index in [0.717, 1.165) is 24.8 Å². The molecule has 2 aliphatic carbocycles. The van der Waals surface area contributed by atoms with Crippen molar-refractivity contribution in [2.45, 2.75) is 44.8 Å². The Hall–Kier alpha value is -3.55. The smallest absolute Gasteiger partial charge is 0.328 e. The molecule has 0 unspecified atom stereocenters. The number of anilines is 3. The van der Waals surface area contributed by atoms with Gasteiger partial charge in [-0.2, -0.15) is 5.26 Å². The van der Waals surface area contributed by atoms with Gasteiger partial charge >= 0.3 is 6.03 Å². The van der Waals surface area contributed by atoms with Crippen LogP contribution in [-0.2, 0) is 13.0 Å². The first-order valence-corrected chi connectivity index (χ1v) is 12.0. The van der Waals surface area contributed by atoms with Gasteiger partial charge in [-0.25, -0.2) is 14.8 Å². The summed E-state index contributed by atoms with van der Waals surface area (Å²) in [7, 11) is 0. The zero-order valence-corrected chi connectivity index (χ0v) is 19.3. The number of pyridine rings is 2. The van der Waals surface area contributed by atoms with Gasteiger partial charge in [0.05, 0.1) is 17.9 Å². The van der Waals surface area contributed by atoms with Crippen LogP contribution in [0.3, 0.4) is 0 Å². The number of nitrogens with zero attached hydrogens (tertiary/aromatic N) is 4. The molecule has 2 amide bonds. The Kier molecular flexibility index (Phi) is 6.36. The van der Waals surface area contributed by atoms with Crippen molar-refractivity contribution in [2.75, 3.05) is 28.7 Å². The monoisotopic (exact) mass is 476 g/mol. The third-order valence-electron chi connectivity index (χ3n) is 7.68. The van der Waals surface area contributed by atoms with Crippen LogP contribution in [0.25, 0.3) is 0 Å². The van der Waals surface area contributed by atoms with Crippen molar-refractivity contribution in [3.8, 4) is 6.07 Å². The molecule has 0 saturated heterocycles. The lowest BCUT2D eigenvalue weighted by Gasteiger charge is -2.31. The van der Waals surface area contributed by atoms with Gasteiger partial charge in [0.25, 0.3) is 0 Å². The number of aryl methyl sites for hydroxylation is 1. The number of fused-ring (bicyclic) bond motifs is 3. The molecule has 2 aromatic rings. The molecule has 4 N–H and O–H groups in total. The maximum Gasteiger partial charge on any atom is 0.328 e. The fourth-order valence-corrected chi connectivity index (χ4v) is 5.97. The van der Waals surface area contributed by atoms with Crippen molar-refractivity contribution in [3.05, 3.63) is 40.7 Å². The van der Waals surface area contributed by atoms with Gasteiger partial charge in [-0.1, -0.05) is 0 Å². The molecule has 3 aliphatic rings. The van der Waals surface area contributed by atoms with Crippen LogP contribution in [0.1, 0.15) is 52.9 Å². The molecular formula is C25H28N6O4. The molecule has 3 heterocycles. The molecule has 0 aromatic carbocycles. The SMILES string of the molecule is N#Cc1cnc(NC(=O)N2CCCc3cc(CO)c(C=O)nc32)cc1N[C@@H]1[C@H]2CC[C@H](C2)[C@@H]1CO. The molecule has 10 nitrogen and oxygen atoms in total. The Bertz CT molecular complexity index is 1200. The van der Waals surface area contributed by atoms with Crippen molar-refractivity contribution < 1.29 is 19.8 Å². The zero-order chi connectivity index (χ0) is 24.5. The molecule has 2 fully saturated rings. The van der Waals surface area contributed by atoms with Gasteiger partial charge in [0.2, 0.25) is 0 Å². The van der Waals surface area contributed by atoms with Gasteiger partial charge in [-0.15, -0.1) is 0 Å². The Morgan fingerprint density at radius 3 is 2.86 bits per heavy atom. The summed E-state index contributed by atoms with van der Waals surface area (Å²) in [6.07, 6.45) is 6.74. The number of rotatable bonds is 6. The minimum Gasteiger partial charge on any atom is -0.396 e. The second-order valence-electron chi connectivity index (χ2n) is 9.55. The highest BCUT2D eigenvalue weighted by atomic mass is 16.3. The second-order valence-corrected chi connectivity index (χ2v) is 9.55. The summed E-state index contributed by atoms with van der Waals surface area (Å²) in [5.41, 5.74) is 2.30. The lowest BCUT2D eigenvalue weighted by molar-refractivity contribution is 0.111. The van der Waals surface area contributed by atoms with E-state index < -0.39 is 6.03 Å². The van der Waals surface area contributed by atoms with Crippen molar-refractivity contribution in [3.63, 3.8) is 0 Å². The largest absolute Gasteiger partial charge is 0.396 e. The highest BCUT2D eigenvalue weighted by Gasteiger charge is 2.47. The van der Waals surface area contributed by atoms with Gasteiger partial charge < -0.3 is 15.5 Å². The Morgan fingerprint density at radius 1 is 1.29 bits per heavy atom. The number of aldehydes is 1. The Labute approximate surface area is 203 Å². The first-order valence-electron chi connectivity index (χ1n) is 12.0. The van der Waals surface area contributed by atoms with Crippen LogP contribution < -0.4 is 15.5 Å². The molecule has 35 heavy (non-hydrogen) atoms. The average molecular weight is 477 g/mol. The van der Waals surface area contributed by atoms with E-state index in [1.165, 1.54) is 11.1 Å². The minimum atomic E-state index is -0.441. The highest BCUT2D eigenvalue weighted by Crippen LogP contribution is 2.49. The van der Waals surface area contributed by atoms with E-state index in [1.807, 2.05) is 0 Å². The van der Waals surface area contributed by atoms with Crippen LogP contribution in [0.15, 0.2) is 18.3 Å². The first kappa shape index (κ1) is 23.2. The summed E-state index contributed by atoms with van der Waals surface area (Å²) in [5, 5.41) is 35.3. The fraction of sp³-hybridized carbons (Fsp3) is 0.480. The summed E-state index contributed by atoms with van der Waals surface area (Å²) in [6, 6.07) is 5.17. The van der Waals surface area contributed by atoms with Gasteiger partial charge in [0.15, 0.2) is 6.29 Å². The van der Waals surface area contributed by atoms with Gasteiger partial charge in [0, 0.05) is 42.9 Å². The van der Waals surface area contributed by atoms with Crippen molar-refractivity contribution in [1.82, 2.24) is 9.97 Å². The minimum absolute atomic E-state index is 0.0810. The molecule has 5 rings (SSSR count). The van der Waals surface area contributed by atoms with E-state index in [0.29, 0.717) is 60.1 Å². The van der Waals surface area contributed by atoms with Crippen LogP contribution in [-0.4, -0.2) is 51.7 Å². The molecule has 182 valence electrons. The predicted molar refractivity (Wildman–Crippen MR) is 128 cm³/mol. The number of carbonyl (C=O) groups excluding carboxylic acids is 2. The first-order chi connectivity index (χ1) is 17.1. The quantitative estimate of drug-likeness (QED) is 0.464. The van der Waals surface area contributed by atoms with Crippen LogP contribution in [0, 0.1) is 29.1 Å². The molecule has 10 heteroatoms. The number of hydrogen-bond donors (Lipinski definition) is 4. The lowest BCUT2D eigenvalue weighted by Crippen LogP contribution is -2.40. The van der Waals surface area contributed by atoms with Crippen LogP contribution in [0.4, 0.5) is 22.1 Å². The Morgan fingerprint density at radius 2 is 2.11 bits per heavy atom. The highest BCUT2D eigenvalue weighted by molar-refractivity contribution is 6.01. The molecule has 4 atom stereocenters. The van der Waals surface area contributed by atoms with E-state index in [-0.39, 0.29) is 36.7 Å². The summed E-state index contributed by atoms with van der Waals surface area (Å²) < 4.78 is 0. The number of aromatic nitrogens is 2. The van der Waals surface area contributed by atoms with Crippen LogP contribution in [0.5, 0.6) is 0 Å². The number of aliphatic hydroxyl groups excluding tert-OH is 2. The van der Waals surface area contributed by atoms with E-state index in [2.05, 4.69) is 26.7 Å². The number of urea groups is 1. The Balaban J connectivity index is 1.37. The summed E-state index contributed by atoms with van der Waals surface area (Å²) in [4.78, 5) is 34.6. The molecule has 0 spiro atoms. The molecule has 2 aromatic heterocycles. The summed E-state index contributed by atoms with van der Waals surface area (Å²) >= 11 is 0. The third kappa shape index (κ3) is 4.22. The van der Waals surface area contributed by atoms with E-state index in [9.17, 15) is 25.1 Å². The second kappa shape index (κ2) is 9.60.